The van der Waals surface area contributed by atoms with Crippen LogP contribution in [0.4, 0.5) is 0 Å². The van der Waals surface area contributed by atoms with E-state index in [2.05, 4.69) is 15.6 Å². The molecule has 6 heteroatoms. The third kappa shape index (κ3) is 2.41. The van der Waals surface area contributed by atoms with Crippen molar-refractivity contribution in [2.45, 2.75) is 6.42 Å². The van der Waals surface area contributed by atoms with Crippen molar-refractivity contribution in [2.24, 2.45) is 4.99 Å². The number of guanidine groups is 1. The van der Waals surface area contributed by atoms with Crippen LogP contribution in [0.5, 0.6) is 0 Å². The van der Waals surface area contributed by atoms with Gasteiger partial charge < -0.3 is 0 Å². The zero-order chi connectivity index (χ0) is 10.7. The fourth-order valence-corrected chi connectivity index (χ4v) is 1.87. The Morgan fingerprint density at radius 3 is 2.60 bits per heavy atom. The molecule has 2 N–H and O–H groups in total. The van der Waals surface area contributed by atoms with Crippen LogP contribution in [0.1, 0.15) is 5.56 Å². The predicted molar refractivity (Wildman–Crippen MR) is 56.6 cm³/mol. The topological polar surface area (TPSA) is 70.6 Å². The Balaban J connectivity index is 1.85. The highest BCUT2D eigenvalue weighted by Gasteiger charge is 2.24. The van der Waals surface area contributed by atoms with Crippen molar-refractivity contribution >= 4 is 29.1 Å². The fourth-order valence-electron chi connectivity index (χ4n) is 1.17. The van der Waals surface area contributed by atoms with Crippen molar-refractivity contribution in [3.05, 3.63) is 22.4 Å². The molecule has 1 saturated heterocycles. The summed E-state index contributed by atoms with van der Waals surface area (Å²) in [6, 6.07) is 2.02. The molecule has 2 rings (SSSR count). The highest BCUT2D eigenvalue weighted by Crippen LogP contribution is 2.06. The molecule has 1 aliphatic heterocycles. The lowest BCUT2D eigenvalue weighted by Gasteiger charge is -1.95. The maximum absolute atomic E-state index is 10.8. The number of aliphatic imine (C=N–C) groups is 1. The summed E-state index contributed by atoms with van der Waals surface area (Å²) in [5.41, 5.74) is 1.21. The fraction of sp³-hybridized carbons (Fsp3) is 0.222. The Bertz CT molecular complexity index is 393. The summed E-state index contributed by atoms with van der Waals surface area (Å²) in [7, 11) is 0. The lowest BCUT2D eigenvalue weighted by atomic mass is 10.2. The molecule has 0 unspecified atom stereocenters. The van der Waals surface area contributed by atoms with Crippen LogP contribution < -0.4 is 10.6 Å². The van der Waals surface area contributed by atoms with Gasteiger partial charge in [-0.2, -0.15) is 11.3 Å². The maximum Gasteiger partial charge on any atom is 0.316 e. The Labute approximate surface area is 90.2 Å². The van der Waals surface area contributed by atoms with Crippen molar-refractivity contribution in [1.82, 2.24) is 10.6 Å². The van der Waals surface area contributed by atoms with Gasteiger partial charge in [0.05, 0.1) is 0 Å². The first-order valence-corrected chi connectivity index (χ1v) is 5.38. The van der Waals surface area contributed by atoms with Gasteiger partial charge in [0.15, 0.2) is 0 Å². The van der Waals surface area contributed by atoms with Gasteiger partial charge in [0.25, 0.3) is 0 Å². The summed E-state index contributed by atoms with van der Waals surface area (Å²) in [4.78, 5) is 25.6. The summed E-state index contributed by atoms with van der Waals surface area (Å²) in [6.45, 7) is 0.548. The van der Waals surface area contributed by atoms with Crippen LogP contribution in [0.2, 0.25) is 0 Å². The number of hydrogen-bond donors (Lipinski definition) is 2. The van der Waals surface area contributed by atoms with E-state index < -0.39 is 11.8 Å². The molecule has 5 nitrogen and oxygen atoms in total. The van der Waals surface area contributed by atoms with E-state index in [-0.39, 0.29) is 5.96 Å². The van der Waals surface area contributed by atoms with Crippen LogP contribution in [-0.4, -0.2) is 24.3 Å². The number of thiophene rings is 1. The van der Waals surface area contributed by atoms with E-state index >= 15 is 0 Å². The first kappa shape index (κ1) is 9.85. The highest BCUT2D eigenvalue weighted by molar-refractivity contribution is 7.07. The zero-order valence-corrected chi connectivity index (χ0v) is 8.63. The van der Waals surface area contributed by atoms with Gasteiger partial charge in [-0.05, 0) is 28.8 Å². The number of nitrogens with one attached hydrogen (secondary N) is 2. The molecule has 1 aromatic rings. The molecular weight excluding hydrogens is 214 g/mol. The molecule has 15 heavy (non-hydrogen) atoms. The quantitative estimate of drug-likeness (QED) is 0.702. The highest BCUT2D eigenvalue weighted by atomic mass is 32.1. The minimum Gasteiger partial charge on any atom is -0.288 e. The minimum absolute atomic E-state index is 0.250. The molecule has 1 aromatic heterocycles. The van der Waals surface area contributed by atoms with Gasteiger partial charge in [0.1, 0.15) is 0 Å². The van der Waals surface area contributed by atoms with Crippen molar-refractivity contribution < 1.29 is 9.59 Å². The summed E-state index contributed by atoms with van der Waals surface area (Å²) in [6.07, 6.45) is 0.804. The number of rotatable bonds is 3. The third-order valence-corrected chi connectivity index (χ3v) is 2.65. The molecule has 0 aromatic carbocycles. The molecule has 0 atom stereocenters. The van der Waals surface area contributed by atoms with Crippen LogP contribution in [0.3, 0.4) is 0 Å². The van der Waals surface area contributed by atoms with Gasteiger partial charge >= 0.3 is 11.8 Å². The number of hydrogen-bond acceptors (Lipinski definition) is 4. The van der Waals surface area contributed by atoms with Gasteiger partial charge in [-0.1, -0.05) is 0 Å². The van der Waals surface area contributed by atoms with Gasteiger partial charge in [-0.3, -0.25) is 25.2 Å². The average Bonchev–Trinajstić information content (AvgIpc) is 2.79. The molecule has 0 radical (unpaired) electrons. The SMILES string of the molecule is O=C1NC(=NCCc2ccsc2)NC1=O. The number of amides is 2. The number of nitrogens with zero attached hydrogens (tertiary/aromatic N) is 1. The zero-order valence-electron chi connectivity index (χ0n) is 7.82. The van der Waals surface area contributed by atoms with E-state index in [0.717, 1.165) is 6.42 Å². The van der Waals surface area contributed by atoms with Crippen LogP contribution >= 0.6 is 11.3 Å². The van der Waals surface area contributed by atoms with Gasteiger partial charge in [0, 0.05) is 6.54 Å². The van der Waals surface area contributed by atoms with Gasteiger partial charge in [-0.15, -0.1) is 0 Å². The Kier molecular flexibility index (Phi) is 2.77. The first-order valence-electron chi connectivity index (χ1n) is 4.43. The normalized spacial score (nSPS) is 15.1. The maximum atomic E-state index is 10.8. The Morgan fingerprint density at radius 1 is 1.27 bits per heavy atom. The predicted octanol–water partition coefficient (Wildman–Crippen LogP) is -0.107. The molecule has 1 aliphatic rings. The summed E-state index contributed by atoms with van der Waals surface area (Å²) in [5, 5.41) is 8.72. The van der Waals surface area contributed by atoms with Crippen molar-refractivity contribution in [3.8, 4) is 0 Å². The van der Waals surface area contributed by atoms with Gasteiger partial charge in [-0.25, -0.2) is 0 Å². The lowest BCUT2D eigenvalue weighted by Crippen LogP contribution is -2.26. The molecule has 0 aliphatic carbocycles. The van der Waals surface area contributed by atoms with Crippen LogP contribution in [0, 0.1) is 0 Å². The largest absolute Gasteiger partial charge is 0.316 e. The number of carbonyl (C=O) groups excluding carboxylic acids is 2. The molecule has 0 bridgehead atoms. The Morgan fingerprint density at radius 2 is 2.00 bits per heavy atom. The summed E-state index contributed by atoms with van der Waals surface area (Å²) in [5.74, 6) is -1.05. The van der Waals surface area contributed by atoms with E-state index in [1.165, 1.54) is 5.56 Å². The second-order valence-corrected chi connectivity index (χ2v) is 3.80. The van der Waals surface area contributed by atoms with Crippen LogP contribution in [0.15, 0.2) is 21.8 Å². The van der Waals surface area contributed by atoms with Crippen LogP contribution in [0.25, 0.3) is 0 Å². The van der Waals surface area contributed by atoms with Gasteiger partial charge in [0.2, 0.25) is 5.96 Å². The van der Waals surface area contributed by atoms with E-state index in [1.807, 2.05) is 16.8 Å². The lowest BCUT2D eigenvalue weighted by molar-refractivity contribution is -0.135. The van der Waals surface area contributed by atoms with E-state index in [9.17, 15) is 9.59 Å². The molecule has 2 heterocycles. The molecule has 2 amide bonds. The monoisotopic (exact) mass is 223 g/mol. The smallest absolute Gasteiger partial charge is 0.288 e. The minimum atomic E-state index is -0.649. The van der Waals surface area contributed by atoms with Crippen LogP contribution in [-0.2, 0) is 16.0 Å². The second kappa shape index (κ2) is 4.22. The molecule has 0 saturated carbocycles. The second-order valence-electron chi connectivity index (χ2n) is 3.02. The van der Waals surface area contributed by atoms with E-state index in [4.69, 9.17) is 0 Å². The third-order valence-electron chi connectivity index (χ3n) is 1.92. The molecule has 1 fully saturated rings. The molecule has 78 valence electrons. The summed E-state index contributed by atoms with van der Waals surface area (Å²) < 4.78 is 0. The standard InChI is InChI=1S/C9H9N3O2S/c13-7-8(14)12-9(11-7)10-3-1-6-2-4-15-5-6/h2,4-5H,1,3H2,(H2,10,11,12,13,14). The van der Waals surface area contributed by atoms with Crippen molar-refractivity contribution in [3.63, 3.8) is 0 Å². The van der Waals surface area contributed by atoms with E-state index in [1.54, 1.807) is 11.3 Å². The summed E-state index contributed by atoms with van der Waals surface area (Å²) >= 11 is 1.64. The molecular formula is C9H9N3O2S. The van der Waals surface area contributed by atoms with Crippen molar-refractivity contribution in [2.75, 3.05) is 6.54 Å². The first-order chi connectivity index (χ1) is 7.25. The number of carbonyl (C=O) groups is 2. The van der Waals surface area contributed by atoms with E-state index in [0.29, 0.717) is 6.54 Å². The van der Waals surface area contributed by atoms with Crippen molar-refractivity contribution in [1.29, 1.82) is 0 Å². The average molecular weight is 223 g/mol. The molecule has 0 spiro atoms. The Hall–Kier alpha value is -1.69.